The molecule has 1 aliphatic heterocycles. The molecular weight excluding hydrogens is 336 g/mol. The Morgan fingerprint density at radius 1 is 1.20 bits per heavy atom. The summed E-state index contributed by atoms with van der Waals surface area (Å²) in [5.74, 6) is 0. The van der Waals surface area contributed by atoms with Crippen molar-refractivity contribution in [3.63, 3.8) is 0 Å². The summed E-state index contributed by atoms with van der Waals surface area (Å²) < 4.78 is 0. The molecule has 2 unspecified atom stereocenters. The van der Waals surface area contributed by atoms with Crippen LogP contribution in [-0.4, -0.2) is 41.0 Å². The summed E-state index contributed by atoms with van der Waals surface area (Å²) in [7, 11) is 0. The zero-order valence-corrected chi connectivity index (χ0v) is 15.1. The maximum absolute atomic E-state index is 9.81. The summed E-state index contributed by atoms with van der Waals surface area (Å²) in [6.07, 6.45) is 0.363. The van der Waals surface area contributed by atoms with Crippen LogP contribution in [0, 0.1) is 0 Å². The maximum Gasteiger partial charge on any atom is 0.145 e. The first-order valence-electron chi connectivity index (χ1n) is 8.53. The van der Waals surface area contributed by atoms with Crippen LogP contribution in [0.25, 0.3) is 0 Å². The van der Waals surface area contributed by atoms with Gasteiger partial charge in [0.15, 0.2) is 0 Å². The van der Waals surface area contributed by atoms with Crippen LogP contribution in [0.1, 0.15) is 24.5 Å². The molecule has 0 saturated heterocycles. The van der Waals surface area contributed by atoms with Gasteiger partial charge >= 0.3 is 0 Å². The molecule has 0 aliphatic carbocycles. The summed E-state index contributed by atoms with van der Waals surface area (Å²) in [4.78, 5) is 7.84. The fraction of sp³-hybridized carbons (Fsp3) is 0.350. The van der Waals surface area contributed by atoms with Gasteiger partial charge < -0.3 is 9.94 Å². The molecule has 4 nitrogen and oxygen atoms in total. The molecule has 5 heteroatoms. The topological polar surface area (TPSA) is 45.1 Å². The molecule has 132 valence electrons. The van der Waals surface area contributed by atoms with Crippen LogP contribution in [-0.2, 0) is 11.4 Å². The SMILES string of the molecule is CC(O)CN(Cc1ccccc1)CC1CC(c2ccc(Cl)cc2)=NO1. The minimum Gasteiger partial charge on any atom is -0.392 e. The molecule has 1 N–H and O–H groups in total. The van der Waals surface area contributed by atoms with Crippen molar-refractivity contribution in [1.82, 2.24) is 4.90 Å². The van der Waals surface area contributed by atoms with Gasteiger partial charge in [-0.3, -0.25) is 4.90 Å². The molecule has 3 rings (SSSR count). The molecule has 0 fully saturated rings. The van der Waals surface area contributed by atoms with E-state index in [0.29, 0.717) is 11.6 Å². The number of halogens is 1. The van der Waals surface area contributed by atoms with Crippen LogP contribution < -0.4 is 0 Å². The third-order valence-corrected chi connectivity index (χ3v) is 4.40. The molecule has 0 saturated carbocycles. The van der Waals surface area contributed by atoms with Crippen molar-refractivity contribution >= 4 is 17.3 Å². The quantitative estimate of drug-likeness (QED) is 0.820. The van der Waals surface area contributed by atoms with Crippen LogP contribution in [0.4, 0.5) is 0 Å². The van der Waals surface area contributed by atoms with E-state index in [1.54, 1.807) is 0 Å². The largest absolute Gasteiger partial charge is 0.392 e. The van der Waals surface area contributed by atoms with Gasteiger partial charge in [-0.1, -0.05) is 59.2 Å². The highest BCUT2D eigenvalue weighted by molar-refractivity contribution is 6.30. The maximum atomic E-state index is 9.81. The van der Waals surface area contributed by atoms with E-state index < -0.39 is 0 Å². The van der Waals surface area contributed by atoms with Gasteiger partial charge in [0.05, 0.1) is 11.8 Å². The molecule has 2 aromatic carbocycles. The molecule has 25 heavy (non-hydrogen) atoms. The number of aliphatic hydroxyl groups excluding tert-OH is 1. The molecule has 0 spiro atoms. The van der Waals surface area contributed by atoms with Gasteiger partial charge in [-0.2, -0.15) is 0 Å². The highest BCUT2D eigenvalue weighted by Gasteiger charge is 2.25. The van der Waals surface area contributed by atoms with Crippen molar-refractivity contribution in [1.29, 1.82) is 0 Å². The van der Waals surface area contributed by atoms with Crippen molar-refractivity contribution in [3.05, 3.63) is 70.7 Å². The van der Waals surface area contributed by atoms with E-state index in [9.17, 15) is 5.11 Å². The second kappa shape index (κ2) is 8.48. The fourth-order valence-corrected chi connectivity index (χ4v) is 3.17. The van der Waals surface area contributed by atoms with Gasteiger partial charge in [0.25, 0.3) is 0 Å². The van der Waals surface area contributed by atoms with Crippen LogP contribution in [0.2, 0.25) is 5.02 Å². The lowest BCUT2D eigenvalue weighted by molar-refractivity contribution is 0.0351. The molecule has 0 radical (unpaired) electrons. The molecule has 0 amide bonds. The first-order chi connectivity index (χ1) is 12.1. The Bertz CT molecular complexity index is 701. The number of hydrogen-bond acceptors (Lipinski definition) is 4. The molecule has 2 aromatic rings. The molecule has 1 aliphatic rings. The summed E-state index contributed by atoms with van der Waals surface area (Å²) in [5.41, 5.74) is 3.20. The Labute approximate surface area is 153 Å². The summed E-state index contributed by atoms with van der Waals surface area (Å²) in [5, 5.41) is 14.8. The van der Waals surface area contributed by atoms with Crippen molar-refractivity contribution in [2.45, 2.75) is 32.1 Å². The van der Waals surface area contributed by atoms with Crippen molar-refractivity contribution in [2.75, 3.05) is 13.1 Å². The van der Waals surface area contributed by atoms with Gasteiger partial charge in [0.1, 0.15) is 6.10 Å². The molecule has 2 atom stereocenters. The zero-order chi connectivity index (χ0) is 17.6. The van der Waals surface area contributed by atoms with Gasteiger partial charge in [0.2, 0.25) is 0 Å². The average molecular weight is 359 g/mol. The first kappa shape index (κ1) is 17.9. The van der Waals surface area contributed by atoms with Gasteiger partial charge in [0, 0.05) is 31.1 Å². The standard InChI is InChI=1S/C20H23ClN2O2/c1-15(24)12-23(13-16-5-3-2-4-6-16)14-19-11-20(22-25-19)17-7-9-18(21)10-8-17/h2-10,15,19,24H,11-14H2,1H3. The van der Waals surface area contributed by atoms with Gasteiger partial charge in [-0.15, -0.1) is 0 Å². The van der Waals surface area contributed by atoms with Crippen LogP contribution in [0.15, 0.2) is 59.8 Å². The lowest BCUT2D eigenvalue weighted by Crippen LogP contribution is -2.37. The number of aliphatic hydroxyl groups is 1. The highest BCUT2D eigenvalue weighted by Crippen LogP contribution is 2.20. The number of benzene rings is 2. The Morgan fingerprint density at radius 2 is 1.92 bits per heavy atom. The van der Waals surface area contributed by atoms with E-state index in [1.165, 1.54) is 5.56 Å². The lowest BCUT2D eigenvalue weighted by atomic mass is 10.0. The minimum absolute atomic E-state index is 0.00635. The second-order valence-electron chi connectivity index (χ2n) is 6.51. The van der Waals surface area contributed by atoms with E-state index in [1.807, 2.05) is 49.4 Å². The van der Waals surface area contributed by atoms with Crippen molar-refractivity contribution in [2.24, 2.45) is 5.16 Å². The van der Waals surface area contributed by atoms with Gasteiger partial charge in [-0.25, -0.2) is 0 Å². The zero-order valence-electron chi connectivity index (χ0n) is 14.3. The summed E-state index contributed by atoms with van der Waals surface area (Å²) in [6.45, 7) is 3.91. The van der Waals surface area contributed by atoms with Crippen molar-refractivity contribution < 1.29 is 9.94 Å². The molecule has 0 aromatic heterocycles. The van der Waals surface area contributed by atoms with Crippen LogP contribution in [0.5, 0.6) is 0 Å². The number of hydrogen-bond donors (Lipinski definition) is 1. The van der Waals surface area contributed by atoms with Crippen LogP contribution >= 0.6 is 11.6 Å². The van der Waals surface area contributed by atoms with E-state index >= 15 is 0 Å². The third-order valence-electron chi connectivity index (χ3n) is 4.14. The highest BCUT2D eigenvalue weighted by atomic mass is 35.5. The predicted octanol–water partition coefficient (Wildman–Crippen LogP) is 3.72. The average Bonchev–Trinajstić information content (AvgIpc) is 3.04. The van der Waals surface area contributed by atoms with E-state index in [2.05, 4.69) is 22.2 Å². The number of oxime groups is 1. The molecule has 0 bridgehead atoms. The van der Waals surface area contributed by atoms with E-state index in [-0.39, 0.29) is 12.2 Å². The first-order valence-corrected chi connectivity index (χ1v) is 8.91. The number of nitrogens with zero attached hydrogens (tertiary/aromatic N) is 2. The van der Waals surface area contributed by atoms with Crippen molar-refractivity contribution in [3.8, 4) is 0 Å². The van der Waals surface area contributed by atoms with E-state index in [4.69, 9.17) is 16.4 Å². The summed E-state index contributed by atoms with van der Waals surface area (Å²) in [6, 6.07) is 17.9. The second-order valence-corrected chi connectivity index (χ2v) is 6.94. The predicted molar refractivity (Wildman–Crippen MR) is 101 cm³/mol. The number of rotatable bonds is 7. The minimum atomic E-state index is -0.387. The molecule has 1 heterocycles. The Hall–Kier alpha value is -1.88. The Balaban J connectivity index is 1.60. The summed E-state index contributed by atoms with van der Waals surface area (Å²) >= 11 is 5.94. The Morgan fingerprint density at radius 3 is 2.60 bits per heavy atom. The fourth-order valence-electron chi connectivity index (χ4n) is 3.05. The van der Waals surface area contributed by atoms with Gasteiger partial charge in [-0.05, 0) is 30.2 Å². The molecular formula is C20H23ClN2O2. The Kier molecular flexibility index (Phi) is 6.08. The monoisotopic (exact) mass is 358 g/mol. The third kappa shape index (κ3) is 5.30. The normalized spacial score (nSPS) is 18.1. The van der Waals surface area contributed by atoms with Crippen LogP contribution in [0.3, 0.4) is 0 Å². The smallest absolute Gasteiger partial charge is 0.145 e. The van der Waals surface area contributed by atoms with E-state index in [0.717, 1.165) is 30.8 Å². The lowest BCUT2D eigenvalue weighted by Gasteiger charge is -2.25.